The number of carbonyl (C=O) groups is 5. The number of Topliss-reactive ketones (excluding diaryl/α,β-unsaturated/α-hetero) is 1. The number of benzene rings is 2. The zero-order valence-corrected chi connectivity index (χ0v) is 26.7. The number of hydrogen-bond donors (Lipinski definition) is 4. The summed E-state index contributed by atoms with van der Waals surface area (Å²) in [5.41, 5.74) is 0.772. The lowest BCUT2D eigenvalue weighted by Crippen LogP contribution is -2.53. The summed E-state index contributed by atoms with van der Waals surface area (Å²) in [4.78, 5) is 58.3. The van der Waals surface area contributed by atoms with E-state index in [0.29, 0.717) is 23.5 Å². The van der Waals surface area contributed by atoms with Crippen LogP contribution in [0.1, 0.15) is 45.7 Å². The second-order valence-electron chi connectivity index (χ2n) is 9.76. The normalized spacial score (nSPS) is 11.8. The number of amides is 2. The number of ketones is 1. The lowest BCUT2D eigenvalue weighted by atomic mass is 10.0. The average molecular weight is 657 g/mol. The van der Waals surface area contributed by atoms with E-state index in [4.69, 9.17) is 36.1 Å². The van der Waals surface area contributed by atoms with Gasteiger partial charge in [-0.3, -0.25) is 19.2 Å². The molecule has 0 saturated carbocycles. The van der Waals surface area contributed by atoms with Crippen molar-refractivity contribution in [2.75, 3.05) is 19.0 Å². The van der Waals surface area contributed by atoms with Crippen LogP contribution in [0.5, 0.6) is 11.5 Å². The van der Waals surface area contributed by atoms with E-state index in [9.17, 15) is 23.6 Å². The first-order valence-corrected chi connectivity index (χ1v) is 15.1. The molecule has 0 aliphatic heterocycles. The molecule has 0 aliphatic carbocycles. The van der Waals surface area contributed by atoms with Crippen molar-refractivity contribution in [3.63, 3.8) is 0 Å². The summed E-state index contributed by atoms with van der Waals surface area (Å²) in [6.45, 7) is 7.75. The molecule has 4 N–H and O–H groups in total. The third kappa shape index (κ3) is 14.1. The van der Waals surface area contributed by atoms with E-state index >= 15 is 0 Å². The van der Waals surface area contributed by atoms with Crippen molar-refractivity contribution in [1.29, 1.82) is 0 Å². The zero-order valence-electron chi connectivity index (χ0n) is 25.1. The van der Waals surface area contributed by atoms with Gasteiger partial charge in [-0.25, -0.2) is 9.18 Å². The van der Waals surface area contributed by atoms with Crippen LogP contribution in [0.4, 0.5) is 4.39 Å². The molecule has 2 atom stereocenters. The van der Waals surface area contributed by atoms with E-state index in [0.717, 1.165) is 6.92 Å². The average Bonchev–Trinajstić information content (AvgIpc) is 2.92. The van der Waals surface area contributed by atoms with Crippen molar-refractivity contribution < 1.29 is 48.0 Å². The number of rotatable bonds is 16. The molecule has 0 bridgehead atoms. The Kier molecular flexibility index (Phi) is 16.9. The highest BCUT2D eigenvalue weighted by molar-refractivity contribution is 7.99. The summed E-state index contributed by atoms with van der Waals surface area (Å²) in [6.07, 6.45) is -0.153. The molecular weight excluding hydrogens is 619 g/mol. The molecule has 0 radical (unpaired) electrons. The third-order valence-electron chi connectivity index (χ3n) is 5.70. The molecule has 0 aromatic heterocycles. The van der Waals surface area contributed by atoms with Gasteiger partial charge in [0, 0.05) is 28.8 Å². The molecule has 0 saturated heterocycles. The topological polar surface area (TPSA) is 168 Å². The van der Waals surface area contributed by atoms with Crippen LogP contribution in [-0.2, 0) is 36.1 Å². The highest BCUT2D eigenvalue weighted by Gasteiger charge is 2.27. The van der Waals surface area contributed by atoms with Gasteiger partial charge >= 0.3 is 5.97 Å². The minimum Gasteiger partial charge on any atom is -0.494 e. The van der Waals surface area contributed by atoms with Gasteiger partial charge < -0.3 is 30.3 Å². The van der Waals surface area contributed by atoms with Crippen molar-refractivity contribution >= 4 is 52.9 Å². The van der Waals surface area contributed by atoms with Crippen LogP contribution < -0.4 is 20.1 Å². The maximum Gasteiger partial charge on any atom is 0.341 e. The van der Waals surface area contributed by atoms with Crippen LogP contribution in [0.25, 0.3) is 0 Å². The number of ether oxygens (including phenoxy) is 2. The van der Waals surface area contributed by atoms with Crippen LogP contribution in [0, 0.1) is 11.7 Å². The highest BCUT2D eigenvalue weighted by atomic mass is 35.5. The Morgan fingerprint density at radius 1 is 1.02 bits per heavy atom. The van der Waals surface area contributed by atoms with E-state index in [-0.39, 0.29) is 40.4 Å². The number of nitrogens with one attached hydrogen (secondary N) is 2. The molecule has 11 nitrogen and oxygen atoms in total. The van der Waals surface area contributed by atoms with Crippen molar-refractivity contribution in [1.82, 2.24) is 10.6 Å². The minimum atomic E-state index is -1.14. The fraction of sp³-hybridized carbons (Fsp3) is 0.433. The molecule has 0 fully saturated rings. The van der Waals surface area contributed by atoms with Crippen LogP contribution in [0.15, 0.2) is 36.4 Å². The fourth-order valence-corrected chi connectivity index (χ4v) is 4.95. The quantitative estimate of drug-likeness (QED) is 0.206. The van der Waals surface area contributed by atoms with Gasteiger partial charge in [0.05, 0.1) is 24.8 Å². The third-order valence-corrected chi connectivity index (χ3v) is 7.04. The van der Waals surface area contributed by atoms with Gasteiger partial charge in [0.25, 0.3) is 5.97 Å². The molecule has 0 heterocycles. The van der Waals surface area contributed by atoms with Gasteiger partial charge in [-0.1, -0.05) is 31.5 Å². The van der Waals surface area contributed by atoms with E-state index in [2.05, 4.69) is 10.6 Å². The Balaban J connectivity index is 0.00000227. The lowest BCUT2D eigenvalue weighted by Gasteiger charge is -2.24. The van der Waals surface area contributed by atoms with Crippen LogP contribution in [-0.4, -0.2) is 70.8 Å². The molecule has 1 unspecified atom stereocenters. The standard InChI is InChI=1S/C28H34ClFN2O7S.C2H4O2/c1-5-38-24-10-9-19(39-13-26(35)36)11-18(24)12-25(34)32-27(16(2)3)28(37)31-17(4)23(33)15-40-14-20-21(29)7-6-8-22(20)30;1-2(3)4/h6-11,16-17,27H,5,12-15H2,1-4H3,(H,31,37)(H,32,34)(H,35,36);1H3,(H,3,4)/t17-,27?;/m0./s1. The largest absolute Gasteiger partial charge is 0.494 e. The molecule has 2 rings (SSSR count). The Labute approximate surface area is 264 Å². The SMILES string of the molecule is CC(=O)O.CCOc1ccc(OCC(=O)O)cc1CC(=O)NC(C(=O)N[C@@H](C)C(=O)CSCc1c(F)cccc1Cl)C(C)C. The van der Waals surface area contributed by atoms with E-state index < -0.39 is 48.3 Å². The Bertz CT molecular complexity index is 1290. The van der Waals surface area contributed by atoms with Gasteiger partial charge in [0.1, 0.15) is 23.4 Å². The molecule has 2 aromatic carbocycles. The van der Waals surface area contributed by atoms with Crippen LogP contribution >= 0.6 is 23.4 Å². The number of halogens is 2. The molecule has 0 aliphatic rings. The van der Waals surface area contributed by atoms with Gasteiger partial charge in [-0.15, -0.1) is 11.8 Å². The number of hydrogen-bond acceptors (Lipinski definition) is 8. The Morgan fingerprint density at radius 3 is 2.25 bits per heavy atom. The molecule has 2 aromatic rings. The number of carbonyl (C=O) groups excluding carboxylic acids is 3. The number of thioether (sulfide) groups is 1. The van der Waals surface area contributed by atoms with Crippen molar-refractivity contribution in [2.45, 2.75) is 58.9 Å². The van der Waals surface area contributed by atoms with E-state index in [1.807, 2.05) is 0 Å². The van der Waals surface area contributed by atoms with Crippen LogP contribution in [0.3, 0.4) is 0 Å². The predicted octanol–water partition coefficient (Wildman–Crippen LogP) is 4.12. The summed E-state index contributed by atoms with van der Waals surface area (Å²) in [6, 6.07) is 7.27. The fourth-order valence-electron chi connectivity index (χ4n) is 3.59. The monoisotopic (exact) mass is 656 g/mol. The maximum absolute atomic E-state index is 13.9. The molecular formula is C30H38ClFN2O9S. The first-order chi connectivity index (χ1) is 20.7. The summed E-state index contributed by atoms with van der Waals surface area (Å²) in [5, 5.41) is 21.9. The Hall–Kier alpha value is -3.84. The Morgan fingerprint density at radius 2 is 1.68 bits per heavy atom. The molecule has 14 heteroatoms. The number of carboxylic acids is 2. The summed E-state index contributed by atoms with van der Waals surface area (Å²) in [7, 11) is 0. The second-order valence-corrected chi connectivity index (χ2v) is 11.2. The smallest absolute Gasteiger partial charge is 0.341 e. The van der Waals surface area contributed by atoms with Gasteiger partial charge in [-0.05, 0) is 50.1 Å². The molecule has 242 valence electrons. The van der Waals surface area contributed by atoms with Gasteiger partial charge in [-0.2, -0.15) is 0 Å². The second kappa shape index (κ2) is 19.4. The first-order valence-electron chi connectivity index (χ1n) is 13.6. The van der Waals surface area contributed by atoms with E-state index in [1.54, 1.807) is 45.9 Å². The van der Waals surface area contributed by atoms with Crippen molar-refractivity contribution in [3.8, 4) is 11.5 Å². The van der Waals surface area contributed by atoms with Gasteiger partial charge in [0.2, 0.25) is 11.8 Å². The van der Waals surface area contributed by atoms with Crippen molar-refractivity contribution in [3.05, 3.63) is 58.4 Å². The summed E-state index contributed by atoms with van der Waals surface area (Å²) >= 11 is 7.21. The summed E-state index contributed by atoms with van der Waals surface area (Å²) in [5.74, 6) is -3.04. The molecule has 2 amide bonds. The minimum absolute atomic E-state index is 0.0330. The molecule has 44 heavy (non-hydrogen) atoms. The van der Waals surface area contributed by atoms with Crippen LogP contribution in [0.2, 0.25) is 5.02 Å². The molecule has 0 spiro atoms. The van der Waals surface area contributed by atoms with Gasteiger partial charge in [0.15, 0.2) is 12.4 Å². The zero-order chi connectivity index (χ0) is 33.4. The number of carboxylic acid groups (broad SMARTS) is 2. The summed E-state index contributed by atoms with van der Waals surface area (Å²) < 4.78 is 24.7. The van der Waals surface area contributed by atoms with E-state index in [1.165, 1.54) is 30.0 Å². The maximum atomic E-state index is 13.9. The van der Waals surface area contributed by atoms with Crippen molar-refractivity contribution in [2.24, 2.45) is 5.92 Å². The number of aliphatic carboxylic acids is 2. The lowest BCUT2D eigenvalue weighted by molar-refractivity contribution is -0.139. The highest BCUT2D eigenvalue weighted by Crippen LogP contribution is 2.26. The first kappa shape index (κ1) is 38.2. The predicted molar refractivity (Wildman–Crippen MR) is 165 cm³/mol.